The summed E-state index contributed by atoms with van der Waals surface area (Å²) in [6, 6.07) is 2.08. The fourth-order valence-electron chi connectivity index (χ4n) is 1.78. The molecular weight excluding hydrogens is 260 g/mol. The number of halogens is 1. The highest BCUT2D eigenvalue weighted by Crippen LogP contribution is 2.28. The maximum absolute atomic E-state index is 9.49. The van der Waals surface area contributed by atoms with Gasteiger partial charge in [-0.2, -0.15) is 0 Å². The summed E-state index contributed by atoms with van der Waals surface area (Å²) in [6.45, 7) is 0. The van der Waals surface area contributed by atoms with Gasteiger partial charge in [-0.05, 0) is 46.6 Å². The van der Waals surface area contributed by atoms with E-state index in [4.69, 9.17) is 0 Å². The van der Waals surface area contributed by atoms with Crippen LogP contribution in [0.4, 0.5) is 0 Å². The van der Waals surface area contributed by atoms with E-state index in [2.05, 4.69) is 27.4 Å². The molecule has 0 bridgehead atoms. The standard InChI is InChI=1S/C11H13BrOS/c12-10-4-5-14-11(10)7-8-2-1-3-9(13)6-8/h4-6,9,13H,1-3,7H2. The second kappa shape index (κ2) is 4.60. The van der Waals surface area contributed by atoms with Crippen LogP contribution in [-0.2, 0) is 6.42 Å². The molecule has 0 saturated heterocycles. The van der Waals surface area contributed by atoms with E-state index in [0.717, 1.165) is 25.7 Å². The van der Waals surface area contributed by atoms with Crippen LogP contribution >= 0.6 is 27.3 Å². The third kappa shape index (κ3) is 2.47. The number of rotatable bonds is 2. The van der Waals surface area contributed by atoms with Gasteiger partial charge in [0.25, 0.3) is 0 Å². The number of thiophene rings is 1. The summed E-state index contributed by atoms with van der Waals surface area (Å²) in [5.74, 6) is 0. The molecule has 1 N–H and O–H groups in total. The third-order valence-corrected chi connectivity index (χ3v) is 4.43. The van der Waals surface area contributed by atoms with E-state index < -0.39 is 0 Å². The number of allylic oxidation sites excluding steroid dienone is 1. The summed E-state index contributed by atoms with van der Waals surface area (Å²) in [5.41, 5.74) is 1.38. The van der Waals surface area contributed by atoms with Crippen molar-refractivity contribution in [2.75, 3.05) is 0 Å². The van der Waals surface area contributed by atoms with Gasteiger partial charge in [-0.3, -0.25) is 0 Å². The van der Waals surface area contributed by atoms with Gasteiger partial charge in [-0.25, -0.2) is 0 Å². The minimum absolute atomic E-state index is 0.211. The summed E-state index contributed by atoms with van der Waals surface area (Å²) in [5, 5.41) is 11.6. The van der Waals surface area contributed by atoms with Crippen LogP contribution in [0.2, 0.25) is 0 Å². The fraction of sp³-hybridized carbons (Fsp3) is 0.455. The Morgan fingerprint density at radius 1 is 1.57 bits per heavy atom. The van der Waals surface area contributed by atoms with Crippen LogP contribution < -0.4 is 0 Å². The number of hydrogen-bond acceptors (Lipinski definition) is 2. The topological polar surface area (TPSA) is 20.2 Å². The van der Waals surface area contributed by atoms with Gasteiger partial charge in [0.05, 0.1) is 6.10 Å². The first-order valence-electron chi connectivity index (χ1n) is 4.85. The van der Waals surface area contributed by atoms with Gasteiger partial charge >= 0.3 is 0 Å². The van der Waals surface area contributed by atoms with Gasteiger partial charge in [0.2, 0.25) is 0 Å². The molecule has 1 nitrogen and oxygen atoms in total. The van der Waals surface area contributed by atoms with Crippen molar-refractivity contribution in [3.05, 3.63) is 32.4 Å². The first-order chi connectivity index (χ1) is 6.75. The molecule has 0 aromatic carbocycles. The number of aliphatic hydroxyl groups is 1. The van der Waals surface area contributed by atoms with Crippen LogP contribution in [0.25, 0.3) is 0 Å². The molecule has 1 unspecified atom stereocenters. The van der Waals surface area contributed by atoms with Gasteiger partial charge in [0.1, 0.15) is 0 Å². The minimum Gasteiger partial charge on any atom is -0.389 e. The molecule has 0 radical (unpaired) electrons. The predicted molar refractivity (Wildman–Crippen MR) is 63.7 cm³/mol. The van der Waals surface area contributed by atoms with Gasteiger partial charge in [0, 0.05) is 15.8 Å². The number of hydrogen-bond donors (Lipinski definition) is 1. The van der Waals surface area contributed by atoms with Crippen molar-refractivity contribution in [3.8, 4) is 0 Å². The Morgan fingerprint density at radius 2 is 2.43 bits per heavy atom. The molecule has 0 saturated carbocycles. The lowest BCUT2D eigenvalue weighted by molar-refractivity contribution is 0.202. The van der Waals surface area contributed by atoms with Crippen molar-refractivity contribution in [1.29, 1.82) is 0 Å². The zero-order chi connectivity index (χ0) is 9.97. The first kappa shape index (κ1) is 10.4. The maximum atomic E-state index is 9.49. The largest absolute Gasteiger partial charge is 0.389 e. The van der Waals surface area contributed by atoms with Crippen LogP contribution in [0.15, 0.2) is 27.6 Å². The van der Waals surface area contributed by atoms with Crippen LogP contribution in [0, 0.1) is 0 Å². The molecule has 1 aliphatic rings. The molecule has 2 rings (SSSR count). The molecule has 1 heterocycles. The molecule has 1 aromatic rings. The zero-order valence-corrected chi connectivity index (χ0v) is 10.3. The Labute approximate surface area is 96.6 Å². The third-order valence-electron chi connectivity index (χ3n) is 2.50. The van der Waals surface area contributed by atoms with E-state index in [9.17, 15) is 5.11 Å². The molecule has 1 atom stereocenters. The molecule has 0 spiro atoms. The lowest BCUT2D eigenvalue weighted by Crippen LogP contribution is -2.09. The average Bonchev–Trinajstić information content (AvgIpc) is 2.52. The maximum Gasteiger partial charge on any atom is 0.0723 e. The van der Waals surface area contributed by atoms with E-state index in [1.807, 2.05) is 6.08 Å². The van der Waals surface area contributed by atoms with Gasteiger partial charge in [0.15, 0.2) is 0 Å². The highest BCUT2D eigenvalue weighted by atomic mass is 79.9. The predicted octanol–water partition coefficient (Wildman–Crippen LogP) is 3.52. The first-order valence-corrected chi connectivity index (χ1v) is 6.52. The lowest BCUT2D eigenvalue weighted by Gasteiger charge is -2.16. The van der Waals surface area contributed by atoms with Crippen molar-refractivity contribution in [2.45, 2.75) is 31.8 Å². The quantitative estimate of drug-likeness (QED) is 0.817. The molecule has 0 aliphatic heterocycles. The second-order valence-corrected chi connectivity index (χ2v) is 5.51. The normalized spacial score (nSPS) is 22.1. The van der Waals surface area contributed by atoms with E-state index in [-0.39, 0.29) is 6.10 Å². The molecule has 0 fully saturated rings. The van der Waals surface area contributed by atoms with Crippen molar-refractivity contribution in [3.63, 3.8) is 0 Å². The summed E-state index contributed by atoms with van der Waals surface area (Å²) in [7, 11) is 0. The van der Waals surface area contributed by atoms with Crippen molar-refractivity contribution in [1.82, 2.24) is 0 Å². The highest BCUT2D eigenvalue weighted by Gasteiger charge is 2.12. The Hall–Kier alpha value is -0.120. The van der Waals surface area contributed by atoms with Crippen LogP contribution in [0.3, 0.4) is 0 Å². The Bertz CT molecular complexity index is 343. The van der Waals surface area contributed by atoms with Crippen molar-refractivity contribution >= 4 is 27.3 Å². The Morgan fingerprint density at radius 3 is 3.07 bits per heavy atom. The SMILES string of the molecule is OC1C=C(Cc2sccc2Br)CCC1. The second-order valence-electron chi connectivity index (χ2n) is 3.65. The summed E-state index contributed by atoms with van der Waals surface area (Å²) < 4.78 is 1.20. The fourth-order valence-corrected chi connectivity index (χ4v) is 3.33. The van der Waals surface area contributed by atoms with E-state index in [0.29, 0.717) is 0 Å². The summed E-state index contributed by atoms with van der Waals surface area (Å²) >= 11 is 5.30. The van der Waals surface area contributed by atoms with Crippen LogP contribution in [-0.4, -0.2) is 11.2 Å². The molecule has 0 amide bonds. The summed E-state index contributed by atoms with van der Waals surface area (Å²) in [6.07, 6.45) is 6.00. The van der Waals surface area contributed by atoms with Crippen molar-refractivity contribution < 1.29 is 5.11 Å². The minimum atomic E-state index is -0.211. The Balaban J connectivity index is 2.07. The van der Waals surface area contributed by atoms with Crippen molar-refractivity contribution in [2.24, 2.45) is 0 Å². The van der Waals surface area contributed by atoms with E-state index >= 15 is 0 Å². The van der Waals surface area contributed by atoms with E-state index in [1.54, 1.807) is 11.3 Å². The van der Waals surface area contributed by atoms with Gasteiger partial charge in [-0.15, -0.1) is 11.3 Å². The lowest BCUT2D eigenvalue weighted by atomic mass is 9.95. The Kier molecular flexibility index (Phi) is 3.42. The van der Waals surface area contributed by atoms with Gasteiger partial charge < -0.3 is 5.11 Å². The highest BCUT2D eigenvalue weighted by molar-refractivity contribution is 9.10. The molecular formula is C11H13BrOS. The zero-order valence-electron chi connectivity index (χ0n) is 7.87. The molecule has 76 valence electrons. The molecule has 1 aromatic heterocycles. The van der Waals surface area contributed by atoms with E-state index in [1.165, 1.54) is 14.9 Å². The molecule has 1 aliphatic carbocycles. The molecule has 3 heteroatoms. The monoisotopic (exact) mass is 272 g/mol. The van der Waals surface area contributed by atoms with Gasteiger partial charge in [-0.1, -0.05) is 11.6 Å². The number of aliphatic hydroxyl groups excluding tert-OH is 1. The molecule has 14 heavy (non-hydrogen) atoms. The van der Waals surface area contributed by atoms with Crippen LogP contribution in [0.1, 0.15) is 24.1 Å². The average molecular weight is 273 g/mol. The smallest absolute Gasteiger partial charge is 0.0723 e. The summed E-state index contributed by atoms with van der Waals surface area (Å²) in [4.78, 5) is 1.37. The van der Waals surface area contributed by atoms with Crippen LogP contribution in [0.5, 0.6) is 0 Å².